The Hall–Kier alpha value is -2.50. The van der Waals surface area contributed by atoms with E-state index < -0.39 is 0 Å². The Morgan fingerprint density at radius 3 is 2.69 bits per heavy atom. The van der Waals surface area contributed by atoms with Crippen molar-refractivity contribution in [1.29, 1.82) is 0 Å². The number of nitrogens with zero attached hydrogens (tertiary/aromatic N) is 2. The minimum Gasteiger partial charge on any atom is -0.494 e. The van der Waals surface area contributed by atoms with E-state index in [1.807, 2.05) is 25.1 Å². The second kappa shape index (κ2) is 10.5. The molecule has 2 aromatic rings. The lowest BCUT2D eigenvalue weighted by atomic mass is 10.1. The first-order valence-electron chi connectivity index (χ1n) is 9.41. The quantitative estimate of drug-likeness (QED) is 0.531. The highest BCUT2D eigenvalue weighted by atomic mass is 16.5. The highest BCUT2D eigenvalue weighted by Gasteiger charge is 2.13. The largest absolute Gasteiger partial charge is 0.494 e. The average molecular weight is 358 g/mol. The first-order chi connectivity index (χ1) is 12.7. The third-order valence-electron chi connectivity index (χ3n) is 4.01. The van der Waals surface area contributed by atoms with Gasteiger partial charge in [0, 0.05) is 25.1 Å². The number of nitrogens with one attached hydrogen (secondary N) is 2. The predicted molar refractivity (Wildman–Crippen MR) is 105 cm³/mol. The molecule has 0 fully saturated rings. The zero-order valence-electron chi connectivity index (χ0n) is 16.3. The maximum atomic E-state index is 5.55. The van der Waals surface area contributed by atoms with E-state index in [9.17, 15) is 0 Å². The van der Waals surface area contributed by atoms with Gasteiger partial charge in [-0.1, -0.05) is 31.1 Å². The van der Waals surface area contributed by atoms with Crippen LogP contribution < -0.4 is 15.4 Å². The summed E-state index contributed by atoms with van der Waals surface area (Å²) < 4.78 is 11.0. The van der Waals surface area contributed by atoms with Crippen LogP contribution in [-0.4, -0.2) is 24.3 Å². The molecule has 0 unspecified atom stereocenters. The van der Waals surface area contributed by atoms with E-state index in [1.54, 1.807) is 0 Å². The lowest BCUT2D eigenvalue weighted by Crippen LogP contribution is -2.37. The monoisotopic (exact) mass is 358 g/mol. The maximum absolute atomic E-state index is 5.55. The second-order valence-corrected chi connectivity index (χ2v) is 5.87. The van der Waals surface area contributed by atoms with Crippen molar-refractivity contribution in [3.63, 3.8) is 0 Å². The van der Waals surface area contributed by atoms with Gasteiger partial charge in [-0.2, -0.15) is 0 Å². The molecule has 6 heteroatoms. The number of rotatable bonds is 9. The van der Waals surface area contributed by atoms with E-state index in [2.05, 4.69) is 47.6 Å². The van der Waals surface area contributed by atoms with Crippen molar-refractivity contribution in [2.24, 2.45) is 4.99 Å². The van der Waals surface area contributed by atoms with Gasteiger partial charge in [0.15, 0.2) is 5.96 Å². The molecule has 1 aromatic heterocycles. The van der Waals surface area contributed by atoms with Gasteiger partial charge in [0.2, 0.25) is 0 Å². The zero-order valence-corrected chi connectivity index (χ0v) is 16.3. The number of hydrogen-bond acceptors (Lipinski definition) is 4. The minimum atomic E-state index is 0.584. The molecule has 0 radical (unpaired) electrons. The van der Waals surface area contributed by atoms with Gasteiger partial charge in [-0.15, -0.1) is 0 Å². The lowest BCUT2D eigenvalue weighted by molar-refractivity contribution is 0.340. The van der Waals surface area contributed by atoms with Gasteiger partial charge in [-0.25, -0.2) is 4.99 Å². The van der Waals surface area contributed by atoms with E-state index in [-0.39, 0.29) is 0 Å². The molecule has 0 aliphatic heterocycles. The third-order valence-corrected chi connectivity index (χ3v) is 4.01. The van der Waals surface area contributed by atoms with Crippen LogP contribution in [0.4, 0.5) is 0 Å². The molecule has 142 valence electrons. The van der Waals surface area contributed by atoms with Gasteiger partial charge in [0.1, 0.15) is 11.5 Å². The van der Waals surface area contributed by atoms with Gasteiger partial charge in [-0.3, -0.25) is 0 Å². The van der Waals surface area contributed by atoms with E-state index in [0.29, 0.717) is 19.7 Å². The summed E-state index contributed by atoms with van der Waals surface area (Å²) >= 11 is 0. The van der Waals surface area contributed by atoms with Crippen LogP contribution in [-0.2, 0) is 25.9 Å². The number of aromatic nitrogens is 1. The Kier molecular flexibility index (Phi) is 7.99. The van der Waals surface area contributed by atoms with E-state index in [1.165, 1.54) is 0 Å². The van der Waals surface area contributed by atoms with Gasteiger partial charge < -0.3 is 19.9 Å². The summed E-state index contributed by atoms with van der Waals surface area (Å²) in [4.78, 5) is 4.68. The maximum Gasteiger partial charge on any atom is 0.191 e. The molecule has 1 heterocycles. The molecule has 6 nitrogen and oxygen atoms in total. The Bertz CT molecular complexity index is 688. The summed E-state index contributed by atoms with van der Waals surface area (Å²) in [6.45, 7) is 10.9. The molecule has 0 atom stereocenters. The summed E-state index contributed by atoms with van der Waals surface area (Å²) in [5.74, 6) is 2.59. The molecule has 0 aliphatic rings. The Balaban J connectivity index is 2.05. The summed E-state index contributed by atoms with van der Waals surface area (Å²) in [6, 6.07) is 8.04. The van der Waals surface area contributed by atoms with Crippen molar-refractivity contribution in [1.82, 2.24) is 15.8 Å². The van der Waals surface area contributed by atoms with Gasteiger partial charge in [-0.05, 0) is 38.0 Å². The second-order valence-electron chi connectivity index (χ2n) is 5.87. The number of hydrogen-bond donors (Lipinski definition) is 2. The lowest BCUT2D eigenvalue weighted by Gasteiger charge is -2.12. The fourth-order valence-electron chi connectivity index (χ4n) is 2.72. The van der Waals surface area contributed by atoms with E-state index >= 15 is 0 Å². The first-order valence-corrected chi connectivity index (χ1v) is 9.41. The van der Waals surface area contributed by atoms with Crippen LogP contribution >= 0.6 is 0 Å². The van der Waals surface area contributed by atoms with Crippen molar-refractivity contribution < 1.29 is 9.26 Å². The van der Waals surface area contributed by atoms with Crippen molar-refractivity contribution >= 4 is 5.96 Å². The van der Waals surface area contributed by atoms with Crippen LogP contribution in [0.3, 0.4) is 0 Å². The van der Waals surface area contributed by atoms with Crippen LogP contribution in [0.2, 0.25) is 0 Å². The Morgan fingerprint density at radius 1 is 1.15 bits per heavy atom. The van der Waals surface area contributed by atoms with Crippen molar-refractivity contribution in [3.8, 4) is 5.75 Å². The zero-order chi connectivity index (χ0) is 18.8. The summed E-state index contributed by atoms with van der Waals surface area (Å²) in [5, 5.41) is 10.8. The fourth-order valence-corrected chi connectivity index (χ4v) is 2.72. The minimum absolute atomic E-state index is 0.584. The summed E-state index contributed by atoms with van der Waals surface area (Å²) in [5.41, 5.74) is 3.26. The molecule has 0 amide bonds. The van der Waals surface area contributed by atoms with Gasteiger partial charge in [0.25, 0.3) is 0 Å². The molecule has 1 aromatic carbocycles. The highest BCUT2D eigenvalue weighted by molar-refractivity contribution is 5.79. The van der Waals surface area contributed by atoms with Crippen molar-refractivity contribution in [2.75, 3.05) is 13.2 Å². The fraction of sp³-hybridized carbons (Fsp3) is 0.500. The number of guanidine groups is 1. The Labute approximate surface area is 156 Å². The normalized spacial score (nSPS) is 11.5. The van der Waals surface area contributed by atoms with Crippen molar-refractivity contribution in [2.45, 2.75) is 53.6 Å². The van der Waals surface area contributed by atoms with E-state index in [4.69, 9.17) is 9.26 Å². The summed E-state index contributed by atoms with van der Waals surface area (Å²) in [7, 11) is 0. The van der Waals surface area contributed by atoms with Crippen LogP contribution in [0.15, 0.2) is 33.8 Å². The van der Waals surface area contributed by atoms with Gasteiger partial charge >= 0.3 is 0 Å². The molecule has 0 bridgehead atoms. The van der Waals surface area contributed by atoms with Crippen molar-refractivity contribution in [3.05, 3.63) is 46.8 Å². The summed E-state index contributed by atoms with van der Waals surface area (Å²) in [6.07, 6.45) is 1.69. The van der Waals surface area contributed by atoms with Crippen LogP contribution in [0.25, 0.3) is 0 Å². The number of aliphatic imine (C=N–C) groups is 1. The molecular formula is C20H30N4O2. The van der Waals surface area contributed by atoms with Gasteiger partial charge in [0.05, 0.1) is 18.8 Å². The Morgan fingerprint density at radius 2 is 2.00 bits per heavy atom. The molecule has 26 heavy (non-hydrogen) atoms. The average Bonchev–Trinajstić information content (AvgIpc) is 3.06. The molecule has 2 N–H and O–H groups in total. The number of aryl methyl sites for hydroxylation is 2. The number of ether oxygens (including phenoxy) is 1. The smallest absolute Gasteiger partial charge is 0.191 e. The standard InChI is InChI=1S/C20H30N4O2/c1-5-18-17(19(6-2)26-24-18)14-23-20(21-7-3)22-13-15-10-9-11-16(12-15)25-8-4/h9-12H,5-8,13-14H2,1-4H3,(H2,21,22,23). The highest BCUT2D eigenvalue weighted by Crippen LogP contribution is 2.16. The predicted octanol–water partition coefficient (Wildman–Crippen LogP) is 3.45. The SMILES string of the molecule is CCNC(=NCc1cccc(OCC)c1)NCc1c(CC)noc1CC. The van der Waals surface area contributed by atoms with Crippen LogP contribution in [0.5, 0.6) is 5.75 Å². The van der Waals surface area contributed by atoms with E-state index in [0.717, 1.165) is 53.7 Å². The molecule has 0 aliphatic carbocycles. The van der Waals surface area contributed by atoms with Crippen LogP contribution in [0, 0.1) is 0 Å². The molecule has 0 saturated carbocycles. The topological polar surface area (TPSA) is 71.7 Å². The molecule has 0 spiro atoms. The molecule has 2 rings (SSSR count). The van der Waals surface area contributed by atoms with Crippen LogP contribution in [0.1, 0.15) is 50.3 Å². The number of benzene rings is 1. The molecular weight excluding hydrogens is 328 g/mol. The third kappa shape index (κ3) is 5.51. The molecule has 0 saturated heterocycles. The first kappa shape index (κ1) is 19.8.